The van der Waals surface area contributed by atoms with Crippen LogP contribution in [0, 0.1) is 5.92 Å². The van der Waals surface area contributed by atoms with Gasteiger partial charge in [0.25, 0.3) is 0 Å². The van der Waals surface area contributed by atoms with Gasteiger partial charge in [-0.05, 0) is 5.56 Å². The summed E-state index contributed by atoms with van der Waals surface area (Å²) in [5, 5.41) is 2.81. The summed E-state index contributed by atoms with van der Waals surface area (Å²) in [7, 11) is 0. The van der Waals surface area contributed by atoms with Gasteiger partial charge >= 0.3 is 0 Å². The molecule has 3 N–H and O–H groups in total. The van der Waals surface area contributed by atoms with Crippen molar-refractivity contribution in [2.75, 3.05) is 0 Å². The third-order valence-electron chi connectivity index (χ3n) is 2.85. The molecule has 92 valence electrons. The summed E-state index contributed by atoms with van der Waals surface area (Å²) in [6.45, 7) is 0. The average molecular weight is 280 g/mol. The minimum atomic E-state index is -0.431. The standard InChI is InChI=1S/C12H10ClN3OS/c13-8-7-10(17)15-12(14)16-11(7)18-9(8)6-4-2-1-3-5-6/h1-5,7,11H,(H3,14,15,16,17). The quantitative estimate of drug-likeness (QED) is 0.823. The van der Waals surface area contributed by atoms with Gasteiger partial charge < -0.3 is 5.73 Å². The normalized spacial score (nSPS) is 26.7. The van der Waals surface area contributed by atoms with Crippen molar-refractivity contribution in [1.82, 2.24) is 5.32 Å². The molecule has 1 aromatic rings. The smallest absolute Gasteiger partial charge is 0.238 e. The van der Waals surface area contributed by atoms with Crippen molar-refractivity contribution >= 4 is 40.1 Å². The molecule has 0 fully saturated rings. The number of nitrogens with two attached hydrogens (primary N) is 1. The molecule has 1 aromatic carbocycles. The molecule has 6 heteroatoms. The van der Waals surface area contributed by atoms with Crippen LogP contribution < -0.4 is 11.1 Å². The molecular formula is C12H10ClN3OS. The van der Waals surface area contributed by atoms with E-state index >= 15 is 0 Å². The molecule has 0 aromatic heterocycles. The van der Waals surface area contributed by atoms with Crippen LogP contribution in [-0.2, 0) is 4.79 Å². The minimum Gasteiger partial charge on any atom is -0.370 e. The maximum Gasteiger partial charge on any atom is 0.238 e. The number of nitrogens with one attached hydrogen (secondary N) is 1. The number of hydrogen-bond acceptors (Lipinski definition) is 4. The lowest BCUT2D eigenvalue weighted by Gasteiger charge is -2.21. The Labute approximate surface area is 113 Å². The van der Waals surface area contributed by atoms with Gasteiger partial charge in [-0.2, -0.15) is 0 Å². The fourth-order valence-electron chi connectivity index (χ4n) is 2.03. The van der Waals surface area contributed by atoms with Gasteiger partial charge in [0.2, 0.25) is 5.91 Å². The number of carbonyl (C=O) groups is 1. The first-order chi connectivity index (χ1) is 8.66. The molecule has 18 heavy (non-hydrogen) atoms. The van der Waals surface area contributed by atoms with Crippen LogP contribution in [0.4, 0.5) is 0 Å². The number of aliphatic imine (C=N–C) groups is 1. The highest BCUT2D eigenvalue weighted by Gasteiger charge is 2.42. The highest BCUT2D eigenvalue weighted by atomic mass is 35.5. The van der Waals surface area contributed by atoms with Crippen LogP contribution in [0.25, 0.3) is 4.91 Å². The summed E-state index contributed by atoms with van der Waals surface area (Å²) in [5.74, 6) is -0.456. The predicted octanol–water partition coefficient (Wildman–Crippen LogP) is 1.73. The molecular weight excluding hydrogens is 270 g/mol. The average Bonchev–Trinajstić information content (AvgIpc) is 2.67. The topological polar surface area (TPSA) is 67.5 Å². The molecule has 1 amide bonds. The van der Waals surface area contributed by atoms with E-state index in [1.54, 1.807) is 0 Å². The number of halogens is 1. The Kier molecular flexibility index (Phi) is 2.80. The molecule has 3 rings (SSSR count). The molecule has 4 nitrogen and oxygen atoms in total. The van der Waals surface area contributed by atoms with Gasteiger partial charge in [0.1, 0.15) is 11.3 Å². The highest BCUT2D eigenvalue weighted by Crippen LogP contribution is 2.50. The molecule has 2 atom stereocenters. The van der Waals surface area contributed by atoms with Gasteiger partial charge in [-0.1, -0.05) is 53.7 Å². The van der Waals surface area contributed by atoms with E-state index in [1.165, 1.54) is 11.8 Å². The summed E-state index contributed by atoms with van der Waals surface area (Å²) in [5.41, 5.74) is 6.56. The van der Waals surface area contributed by atoms with E-state index < -0.39 is 5.92 Å². The molecule has 0 aliphatic carbocycles. The Hall–Kier alpha value is -1.46. The molecule has 0 saturated carbocycles. The zero-order chi connectivity index (χ0) is 12.7. The van der Waals surface area contributed by atoms with Crippen molar-refractivity contribution in [3.8, 4) is 0 Å². The fraction of sp³-hybridized carbons (Fsp3) is 0.167. The first-order valence-corrected chi connectivity index (χ1v) is 6.68. The third-order valence-corrected chi connectivity index (χ3v) is 4.70. The third kappa shape index (κ3) is 1.79. The number of nitrogens with zero attached hydrogens (tertiary/aromatic N) is 1. The summed E-state index contributed by atoms with van der Waals surface area (Å²) in [6, 6.07) is 9.74. The second kappa shape index (κ2) is 4.33. The number of benzene rings is 1. The molecule has 2 aliphatic heterocycles. The van der Waals surface area contributed by atoms with Crippen LogP contribution in [-0.4, -0.2) is 17.2 Å². The summed E-state index contributed by atoms with van der Waals surface area (Å²) in [6.07, 6.45) is 0. The van der Waals surface area contributed by atoms with Crippen LogP contribution in [0.3, 0.4) is 0 Å². The Morgan fingerprint density at radius 3 is 2.78 bits per heavy atom. The Bertz CT molecular complexity index is 570. The molecule has 2 unspecified atom stereocenters. The number of rotatable bonds is 1. The monoisotopic (exact) mass is 279 g/mol. The van der Waals surface area contributed by atoms with Crippen molar-refractivity contribution in [1.29, 1.82) is 0 Å². The Morgan fingerprint density at radius 1 is 1.33 bits per heavy atom. The van der Waals surface area contributed by atoms with Gasteiger partial charge in [0.15, 0.2) is 5.96 Å². The second-order valence-electron chi connectivity index (χ2n) is 4.03. The number of fused-ring (bicyclic) bond motifs is 1. The van der Waals surface area contributed by atoms with Crippen molar-refractivity contribution in [3.05, 3.63) is 40.9 Å². The molecule has 0 bridgehead atoms. The molecule has 0 saturated heterocycles. The zero-order valence-electron chi connectivity index (χ0n) is 9.26. The van der Waals surface area contributed by atoms with Crippen LogP contribution in [0.2, 0.25) is 0 Å². The number of amides is 1. The maximum absolute atomic E-state index is 11.9. The lowest BCUT2D eigenvalue weighted by Crippen LogP contribution is -2.47. The van der Waals surface area contributed by atoms with E-state index in [0.29, 0.717) is 5.03 Å². The minimum absolute atomic E-state index is 0.160. The number of carbonyl (C=O) groups excluding carboxylic acids is 1. The second-order valence-corrected chi connectivity index (χ2v) is 5.57. The van der Waals surface area contributed by atoms with E-state index in [2.05, 4.69) is 10.3 Å². The van der Waals surface area contributed by atoms with Crippen LogP contribution in [0.1, 0.15) is 5.56 Å². The summed E-state index contributed by atoms with van der Waals surface area (Å²) >= 11 is 7.80. The van der Waals surface area contributed by atoms with E-state index in [1.807, 2.05) is 30.3 Å². The van der Waals surface area contributed by atoms with Gasteiger partial charge in [0.05, 0.1) is 0 Å². The van der Waals surface area contributed by atoms with Crippen molar-refractivity contribution in [3.63, 3.8) is 0 Å². The largest absolute Gasteiger partial charge is 0.370 e. The van der Waals surface area contributed by atoms with Crippen LogP contribution >= 0.6 is 23.4 Å². The predicted molar refractivity (Wildman–Crippen MR) is 73.8 cm³/mol. The summed E-state index contributed by atoms with van der Waals surface area (Å²) in [4.78, 5) is 17.0. The number of hydrogen-bond donors (Lipinski definition) is 2. The molecule has 2 heterocycles. The van der Waals surface area contributed by atoms with Crippen LogP contribution in [0.15, 0.2) is 40.4 Å². The van der Waals surface area contributed by atoms with Gasteiger partial charge in [-0.25, -0.2) is 4.99 Å². The highest BCUT2D eigenvalue weighted by molar-refractivity contribution is 8.09. The van der Waals surface area contributed by atoms with Gasteiger partial charge in [-0.3, -0.25) is 10.1 Å². The lowest BCUT2D eigenvalue weighted by atomic mass is 10.1. The first-order valence-electron chi connectivity index (χ1n) is 5.42. The number of thioether (sulfide) groups is 1. The number of guanidine groups is 1. The lowest BCUT2D eigenvalue weighted by molar-refractivity contribution is -0.122. The first kappa shape index (κ1) is 11.6. The molecule has 0 radical (unpaired) electrons. The van der Waals surface area contributed by atoms with Crippen molar-refractivity contribution in [2.24, 2.45) is 16.6 Å². The van der Waals surface area contributed by atoms with E-state index in [4.69, 9.17) is 17.3 Å². The Morgan fingerprint density at radius 2 is 2.06 bits per heavy atom. The van der Waals surface area contributed by atoms with Crippen molar-refractivity contribution < 1.29 is 4.79 Å². The summed E-state index contributed by atoms with van der Waals surface area (Å²) < 4.78 is 0. The van der Waals surface area contributed by atoms with Gasteiger partial charge in [0, 0.05) is 9.94 Å². The van der Waals surface area contributed by atoms with E-state index in [-0.39, 0.29) is 17.2 Å². The molecule has 2 aliphatic rings. The van der Waals surface area contributed by atoms with E-state index in [9.17, 15) is 4.79 Å². The Balaban J connectivity index is 2.02. The zero-order valence-corrected chi connectivity index (χ0v) is 10.8. The molecule has 0 spiro atoms. The van der Waals surface area contributed by atoms with Crippen molar-refractivity contribution in [2.45, 2.75) is 5.37 Å². The van der Waals surface area contributed by atoms with Gasteiger partial charge in [-0.15, -0.1) is 0 Å². The maximum atomic E-state index is 11.9. The van der Waals surface area contributed by atoms with E-state index in [0.717, 1.165) is 10.5 Å². The van der Waals surface area contributed by atoms with Crippen LogP contribution in [0.5, 0.6) is 0 Å². The SMILES string of the molecule is NC1=NC2SC(c3ccccc3)=C(Cl)C2C(=O)N1. The fourth-order valence-corrected chi connectivity index (χ4v) is 3.88.